The summed E-state index contributed by atoms with van der Waals surface area (Å²) >= 11 is 0. The number of rotatable bonds is 5. The number of carbonyl (C=O) groups excluding carboxylic acids is 1. The Bertz CT molecular complexity index is 398. The van der Waals surface area contributed by atoms with Crippen LogP contribution in [0, 0.1) is 0 Å². The topological polar surface area (TPSA) is 32.3 Å². The lowest BCUT2D eigenvalue weighted by Gasteiger charge is -2.25. The van der Waals surface area contributed by atoms with E-state index in [1.165, 1.54) is 18.4 Å². The summed E-state index contributed by atoms with van der Waals surface area (Å²) in [5.74, 6) is 0.158. The van der Waals surface area contributed by atoms with Crippen molar-refractivity contribution in [3.8, 4) is 0 Å². The maximum atomic E-state index is 12.2. The van der Waals surface area contributed by atoms with Gasteiger partial charge in [0.05, 0.1) is 6.04 Å². The number of hydrogen-bond acceptors (Lipinski definition) is 2. The van der Waals surface area contributed by atoms with E-state index in [-0.39, 0.29) is 11.9 Å². The van der Waals surface area contributed by atoms with Crippen molar-refractivity contribution in [3.05, 3.63) is 35.9 Å². The quantitative estimate of drug-likeness (QED) is 0.882. The smallest absolute Gasteiger partial charge is 0.237 e. The summed E-state index contributed by atoms with van der Waals surface area (Å²) in [5.41, 5.74) is 1.24. The van der Waals surface area contributed by atoms with Crippen LogP contribution in [0.5, 0.6) is 0 Å². The molecule has 0 radical (unpaired) electrons. The van der Waals surface area contributed by atoms with Crippen LogP contribution in [0.2, 0.25) is 0 Å². The van der Waals surface area contributed by atoms with Crippen LogP contribution in [0.15, 0.2) is 30.3 Å². The van der Waals surface area contributed by atoms with E-state index in [1.807, 2.05) is 32.2 Å². The third-order valence-corrected chi connectivity index (χ3v) is 4.02. The van der Waals surface area contributed by atoms with Gasteiger partial charge in [0.25, 0.3) is 0 Å². The number of carbonyl (C=O) groups is 1. The highest BCUT2D eigenvalue weighted by atomic mass is 16.2. The van der Waals surface area contributed by atoms with E-state index in [2.05, 4.69) is 22.3 Å². The summed E-state index contributed by atoms with van der Waals surface area (Å²) in [4.78, 5) is 14.3. The molecule has 0 spiro atoms. The van der Waals surface area contributed by atoms with Crippen LogP contribution in [0.25, 0.3) is 0 Å². The third-order valence-electron chi connectivity index (χ3n) is 4.02. The summed E-state index contributed by atoms with van der Waals surface area (Å²) in [6, 6.07) is 10.6. The lowest BCUT2D eigenvalue weighted by atomic mass is 10.1. The fourth-order valence-electron chi connectivity index (χ4n) is 2.60. The number of hydrogen-bond donors (Lipinski definition) is 1. The molecule has 0 aromatic heterocycles. The molecule has 0 bridgehead atoms. The average molecular weight is 260 g/mol. The van der Waals surface area contributed by atoms with Crippen molar-refractivity contribution in [3.63, 3.8) is 0 Å². The van der Waals surface area contributed by atoms with Gasteiger partial charge in [-0.25, -0.2) is 0 Å². The Kier molecular flexibility index (Phi) is 4.97. The zero-order chi connectivity index (χ0) is 13.7. The third kappa shape index (κ3) is 4.06. The van der Waals surface area contributed by atoms with E-state index >= 15 is 0 Å². The van der Waals surface area contributed by atoms with Crippen LogP contribution < -0.4 is 5.32 Å². The molecule has 1 amide bonds. The molecule has 1 saturated carbocycles. The van der Waals surface area contributed by atoms with Gasteiger partial charge in [-0.1, -0.05) is 43.2 Å². The van der Waals surface area contributed by atoms with Crippen LogP contribution in [0.1, 0.15) is 38.2 Å². The van der Waals surface area contributed by atoms with E-state index in [4.69, 9.17) is 0 Å². The van der Waals surface area contributed by atoms with E-state index in [0.29, 0.717) is 6.04 Å². The zero-order valence-electron chi connectivity index (χ0n) is 11.9. The van der Waals surface area contributed by atoms with Gasteiger partial charge < -0.3 is 5.32 Å². The minimum Gasteiger partial charge on any atom is -0.352 e. The Labute approximate surface area is 116 Å². The number of likely N-dealkylation sites (N-methyl/N-ethyl adjacent to an activating group) is 1. The standard InChI is InChI=1S/C16H24N2O/c1-13(16(19)17-15-10-6-7-11-15)18(2)12-14-8-4-3-5-9-14/h3-5,8-9,13,15H,6-7,10-12H2,1-2H3,(H,17,19)/t13-/m0/s1. The predicted octanol–water partition coefficient (Wildman–Crippen LogP) is 2.57. The van der Waals surface area contributed by atoms with Crippen LogP contribution >= 0.6 is 0 Å². The number of amides is 1. The van der Waals surface area contributed by atoms with E-state index in [0.717, 1.165) is 19.4 Å². The molecule has 1 aromatic rings. The first-order valence-electron chi connectivity index (χ1n) is 7.21. The van der Waals surface area contributed by atoms with Gasteiger partial charge in [0.1, 0.15) is 0 Å². The molecule has 0 aliphatic heterocycles. The average Bonchev–Trinajstić information content (AvgIpc) is 2.91. The minimum absolute atomic E-state index is 0.0826. The Morgan fingerprint density at radius 2 is 1.95 bits per heavy atom. The summed E-state index contributed by atoms with van der Waals surface area (Å²) in [7, 11) is 2.01. The Morgan fingerprint density at radius 1 is 1.32 bits per heavy atom. The van der Waals surface area contributed by atoms with Crippen molar-refractivity contribution in [2.75, 3.05) is 7.05 Å². The van der Waals surface area contributed by atoms with Gasteiger partial charge in [-0.2, -0.15) is 0 Å². The molecule has 1 fully saturated rings. The molecular formula is C16H24N2O. The highest BCUT2D eigenvalue weighted by Gasteiger charge is 2.22. The van der Waals surface area contributed by atoms with E-state index in [1.54, 1.807) is 0 Å². The van der Waals surface area contributed by atoms with Crippen molar-refractivity contribution < 1.29 is 4.79 Å². The fraction of sp³-hybridized carbons (Fsp3) is 0.562. The van der Waals surface area contributed by atoms with Gasteiger partial charge in [-0.05, 0) is 32.4 Å². The molecule has 104 valence electrons. The van der Waals surface area contributed by atoms with Crippen molar-refractivity contribution in [2.45, 2.75) is 51.2 Å². The molecule has 0 saturated heterocycles. The molecule has 1 atom stereocenters. The molecule has 2 rings (SSSR count). The van der Waals surface area contributed by atoms with Gasteiger partial charge in [0, 0.05) is 12.6 Å². The number of nitrogens with zero attached hydrogens (tertiary/aromatic N) is 1. The van der Waals surface area contributed by atoms with Crippen molar-refractivity contribution in [1.29, 1.82) is 0 Å². The molecule has 1 N–H and O–H groups in total. The Morgan fingerprint density at radius 3 is 2.58 bits per heavy atom. The molecule has 1 aliphatic rings. The second-order valence-corrected chi connectivity index (χ2v) is 5.57. The molecule has 19 heavy (non-hydrogen) atoms. The first-order valence-corrected chi connectivity index (χ1v) is 7.21. The lowest BCUT2D eigenvalue weighted by Crippen LogP contribution is -2.46. The van der Waals surface area contributed by atoms with Crippen LogP contribution in [0.3, 0.4) is 0 Å². The highest BCUT2D eigenvalue weighted by Crippen LogP contribution is 2.18. The minimum atomic E-state index is -0.0826. The van der Waals surface area contributed by atoms with Crippen molar-refractivity contribution in [2.24, 2.45) is 0 Å². The van der Waals surface area contributed by atoms with Gasteiger partial charge in [-0.15, -0.1) is 0 Å². The predicted molar refractivity (Wildman–Crippen MR) is 77.8 cm³/mol. The molecule has 1 aromatic carbocycles. The number of nitrogens with one attached hydrogen (secondary N) is 1. The number of benzene rings is 1. The van der Waals surface area contributed by atoms with Crippen LogP contribution in [-0.4, -0.2) is 29.9 Å². The van der Waals surface area contributed by atoms with Gasteiger partial charge in [0.15, 0.2) is 0 Å². The monoisotopic (exact) mass is 260 g/mol. The largest absolute Gasteiger partial charge is 0.352 e. The van der Waals surface area contributed by atoms with Gasteiger partial charge in [-0.3, -0.25) is 9.69 Å². The summed E-state index contributed by atoms with van der Waals surface area (Å²) in [6.45, 7) is 2.79. The van der Waals surface area contributed by atoms with Crippen molar-refractivity contribution >= 4 is 5.91 Å². The lowest BCUT2D eigenvalue weighted by molar-refractivity contribution is -0.126. The molecule has 0 unspecified atom stereocenters. The first-order chi connectivity index (χ1) is 9.16. The fourth-order valence-corrected chi connectivity index (χ4v) is 2.60. The summed E-state index contributed by atoms with van der Waals surface area (Å²) in [5, 5.41) is 3.16. The normalized spacial score (nSPS) is 17.6. The first kappa shape index (κ1) is 14.1. The maximum absolute atomic E-state index is 12.2. The molecule has 3 heteroatoms. The zero-order valence-corrected chi connectivity index (χ0v) is 11.9. The van der Waals surface area contributed by atoms with Crippen molar-refractivity contribution in [1.82, 2.24) is 10.2 Å². The summed E-state index contributed by atoms with van der Waals surface area (Å²) < 4.78 is 0. The van der Waals surface area contributed by atoms with Gasteiger partial charge in [0.2, 0.25) is 5.91 Å². The highest BCUT2D eigenvalue weighted by molar-refractivity contribution is 5.81. The second kappa shape index (κ2) is 6.71. The van der Waals surface area contributed by atoms with E-state index < -0.39 is 0 Å². The maximum Gasteiger partial charge on any atom is 0.237 e. The Balaban J connectivity index is 1.83. The molecule has 0 heterocycles. The van der Waals surface area contributed by atoms with E-state index in [9.17, 15) is 4.79 Å². The van der Waals surface area contributed by atoms with Crippen LogP contribution in [-0.2, 0) is 11.3 Å². The SMILES string of the molecule is C[C@@H](C(=O)NC1CCCC1)N(C)Cc1ccccc1. The summed E-state index contributed by atoms with van der Waals surface area (Å²) in [6.07, 6.45) is 4.78. The van der Waals surface area contributed by atoms with Gasteiger partial charge >= 0.3 is 0 Å². The Hall–Kier alpha value is -1.35. The molecule has 1 aliphatic carbocycles. The second-order valence-electron chi connectivity index (χ2n) is 5.57. The molecular weight excluding hydrogens is 236 g/mol. The van der Waals surface area contributed by atoms with Crippen LogP contribution in [0.4, 0.5) is 0 Å². The molecule has 3 nitrogen and oxygen atoms in total.